The van der Waals surface area contributed by atoms with Crippen LogP contribution in [-0.4, -0.2) is 18.9 Å². The van der Waals surface area contributed by atoms with E-state index in [2.05, 4.69) is 9.84 Å². The number of amidine groups is 1. The summed E-state index contributed by atoms with van der Waals surface area (Å²) in [6.07, 6.45) is 3.37. The standard InChI is InChI=1S/C12H13N3O2/c1-17-12(16)10-7-8-15(14-11(10)13)9-5-3-2-4-6-9/h2-8,10H,1H3,(H2,13,14). The van der Waals surface area contributed by atoms with Crippen LogP contribution in [0, 0.1) is 5.92 Å². The summed E-state index contributed by atoms with van der Waals surface area (Å²) < 4.78 is 4.63. The molecule has 1 atom stereocenters. The number of carbonyl (C=O) groups is 1. The van der Waals surface area contributed by atoms with E-state index in [9.17, 15) is 4.79 Å². The van der Waals surface area contributed by atoms with Crippen molar-refractivity contribution in [3.8, 4) is 0 Å². The molecule has 2 rings (SSSR count). The Morgan fingerprint density at radius 3 is 2.71 bits per heavy atom. The molecule has 1 heterocycles. The first-order valence-electron chi connectivity index (χ1n) is 5.17. The maximum absolute atomic E-state index is 11.4. The Kier molecular flexibility index (Phi) is 3.09. The van der Waals surface area contributed by atoms with Crippen LogP contribution in [-0.2, 0) is 9.53 Å². The Bertz CT molecular complexity index is 468. The Balaban J connectivity index is 2.20. The summed E-state index contributed by atoms with van der Waals surface area (Å²) in [7, 11) is 1.33. The molecule has 0 fully saturated rings. The van der Waals surface area contributed by atoms with Gasteiger partial charge in [0.2, 0.25) is 0 Å². The second-order valence-corrected chi connectivity index (χ2v) is 3.55. The zero-order valence-corrected chi connectivity index (χ0v) is 9.41. The van der Waals surface area contributed by atoms with Crippen molar-refractivity contribution in [1.82, 2.24) is 0 Å². The minimum absolute atomic E-state index is 0.225. The number of hydrogen-bond acceptors (Lipinski definition) is 5. The molecule has 0 radical (unpaired) electrons. The molecular formula is C12H13N3O2. The Labute approximate surface area is 99.2 Å². The summed E-state index contributed by atoms with van der Waals surface area (Å²) in [5, 5.41) is 5.76. The van der Waals surface area contributed by atoms with Crippen LogP contribution in [0.2, 0.25) is 0 Å². The maximum Gasteiger partial charge on any atom is 0.320 e. The summed E-state index contributed by atoms with van der Waals surface area (Å²) in [6, 6.07) is 9.53. The van der Waals surface area contributed by atoms with E-state index in [1.807, 2.05) is 30.3 Å². The van der Waals surface area contributed by atoms with Gasteiger partial charge in [-0.1, -0.05) is 18.2 Å². The normalized spacial score (nSPS) is 18.8. The van der Waals surface area contributed by atoms with Crippen LogP contribution in [0.25, 0.3) is 0 Å². The van der Waals surface area contributed by atoms with Crippen LogP contribution in [0.1, 0.15) is 0 Å². The number of nitrogens with zero attached hydrogens (tertiary/aromatic N) is 2. The lowest BCUT2D eigenvalue weighted by atomic mass is 10.1. The van der Waals surface area contributed by atoms with Gasteiger partial charge in [0, 0.05) is 6.20 Å². The first-order valence-corrected chi connectivity index (χ1v) is 5.17. The van der Waals surface area contributed by atoms with Gasteiger partial charge < -0.3 is 10.5 Å². The number of benzene rings is 1. The van der Waals surface area contributed by atoms with E-state index >= 15 is 0 Å². The fourth-order valence-electron chi connectivity index (χ4n) is 1.54. The van der Waals surface area contributed by atoms with Gasteiger partial charge in [0.1, 0.15) is 11.8 Å². The molecule has 0 amide bonds. The molecule has 2 N–H and O–H groups in total. The van der Waals surface area contributed by atoms with E-state index in [0.717, 1.165) is 5.69 Å². The molecule has 0 aromatic heterocycles. The quantitative estimate of drug-likeness (QED) is 0.773. The number of hydrogen-bond donors (Lipinski definition) is 1. The van der Waals surface area contributed by atoms with Crippen molar-refractivity contribution < 1.29 is 9.53 Å². The average Bonchev–Trinajstić information content (AvgIpc) is 2.39. The van der Waals surface area contributed by atoms with Crippen LogP contribution >= 0.6 is 0 Å². The van der Waals surface area contributed by atoms with Gasteiger partial charge in [0.05, 0.1) is 12.8 Å². The molecule has 1 aromatic rings. The lowest BCUT2D eigenvalue weighted by molar-refractivity contribution is -0.141. The maximum atomic E-state index is 11.4. The number of esters is 1. The van der Waals surface area contributed by atoms with Crippen molar-refractivity contribution in [2.75, 3.05) is 12.1 Å². The molecule has 0 spiro atoms. The molecule has 1 unspecified atom stereocenters. The molecule has 0 saturated carbocycles. The second kappa shape index (κ2) is 4.69. The van der Waals surface area contributed by atoms with Gasteiger partial charge in [-0.15, -0.1) is 0 Å². The second-order valence-electron chi connectivity index (χ2n) is 3.55. The molecule has 88 valence electrons. The van der Waals surface area contributed by atoms with Crippen LogP contribution < -0.4 is 10.7 Å². The fourth-order valence-corrected chi connectivity index (χ4v) is 1.54. The topological polar surface area (TPSA) is 67.9 Å². The number of rotatable bonds is 2. The van der Waals surface area contributed by atoms with E-state index in [0.29, 0.717) is 0 Å². The molecule has 5 nitrogen and oxygen atoms in total. The van der Waals surface area contributed by atoms with Crippen LogP contribution in [0.3, 0.4) is 0 Å². The predicted molar refractivity (Wildman–Crippen MR) is 65.2 cm³/mol. The highest BCUT2D eigenvalue weighted by Crippen LogP contribution is 2.19. The van der Waals surface area contributed by atoms with E-state index in [4.69, 9.17) is 5.73 Å². The number of hydrazone groups is 1. The molecule has 1 aliphatic rings. The number of carbonyl (C=O) groups excluding carboxylic acids is 1. The van der Waals surface area contributed by atoms with Gasteiger partial charge >= 0.3 is 5.97 Å². The first-order chi connectivity index (χ1) is 8.22. The number of nitrogens with two attached hydrogens (primary N) is 1. The average molecular weight is 231 g/mol. The van der Waals surface area contributed by atoms with Gasteiger partial charge in [-0.2, -0.15) is 5.10 Å². The predicted octanol–water partition coefficient (Wildman–Crippen LogP) is 1.08. The zero-order valence-electron chi connectivity index (χ0n) is 9.41. The lowest BCUT2D eigenvalue weighted by Gasteiger charge is -2.22. The zero-order chi connectivity index (χ0) is 12.3. The van der Waals surface area contributed by atoms with Crippen molar-refractivity contribution in [1.29, 1.82) is 0 Å². The van der Waals surface area contributed by atoms with E-state index < -0.39 is 11.9 Å². The van der Waals surface area contributed by atoms with Crippen molar-refractivity contribution >= 4 is 17.5 Å². The molecule has 0 bridgehead atoms. The molecule has 1 aliphatic heterocycles. The number of ether oxygens (including phenoxy) is 1. The third-order valence-corrected chi connectivity index (χ3v) is 2.44. The summed E-state index contributed by atoms with van der Waals surface area (Å²) >= 11 is 0. The van der Waals surface area contributed by atoms with E-state index in [1.54, 1.807) is 17.3 Å². The molecule has 17 heavy (non-hydrogen) atoms. The van der Waals surface area contributed by atoms with Crippen LogP contribution in [0.15, 0.2) is 47.7 Å². The van der Waals surface area contributed by atoms with Gasteiger partial charge in [-0.25, -0.2) is 5.01 Å². The third-order valence-electron chi connectivity index (χ3n) is 2.44. The summed E-state index contributed by atoms with van der Waals surface area (Å²) in [6.45, 7) is 0. The highest BCUT2D eigenvalue weighted by Gasteiger charge is 2.24. The van der Waals surface area contributed by atoms with Gasteiger partial charge in [-0.05, 0) is 18.2 Å². The Hall–Kier alpha value is -2.30. The lowest BCUT2D eigenvalue weighted by Crippen LogP contribution is -2.35. The van der Waals surface area contributed by atoms with Gasteiger partial charge in [0.15, 0.2) is 0 Å². The highest BCUT2D eigenvalue weighted by atomic mass is 16.5. The van der Waals surface area contributed by atoms with E-state index in [-0.39, 0.29) is 5.84 Å². The van der Waals surface area contributed by atoms with Crippen molar-refractivity contribution in [2.24, 2.45) is 16.8 Å². The molecule has 1 aromatic carbocycles. The molecule has 5 heteroatoms. The number of para-hydroxylation sites is 1. The minimum Gasteiger partial charge on any atom is -0.468 e. The van der Waals surface area contributed by atoms with Crippen molar-refractivity contribution in [3.63, 3.8) is 0 Å². The van der Waals surface area contributed by atoms with Crippen molar-refractivity contribution in [2.45, 2.75) is 0 Å². The van der Waals surface area contributed by atoms with Crippen LogP contribution in [0.5, 0.6) is 0 Å². The highest BCUT2D eigenvalue weighted by molar-refractivity contribution is 6.03. The van der Waals surface area contributed by atoms with Gasteiger partial charge in [-0.3, -0.25) is 4.79 Å². The molecule has 0 saturated heterocycles. The number of methoxy groups -OCH3 is 1. The largest absolute Gasteiger partial charge is 0.468 e. The Morgan fingerprint density at radius 1 is 1.41 bits per heavy atom. The summed E-state index contributed by atoms with van der Waals surface area (Å²) in [5.41, 5.74) is 6.62. The third kappa shape index (κ3) is 2.28. The first kappa shape index (κ1) is 11.2. The van der Waals surface area contributed by atoms with Gasteiger partial charge in [0.25, 0.3) is 0 Å². The Morgan fingerprint density at radius 2 is 2.12 bits per heavy atom. The SMILES string of the molecule is COC(=O)C1C=CN(c2ccccc2)N=C1N. The summed E-state index contributed by atoms with van der Waals surface area (Å²) in [4.78, 5) is 11.4. The smallest absolute Gasteiger partial charge is 0.320 e. The van der Waals surface area contributed by atoms with E-state index in [1.165, 1.54) is 7.11 Å². The molecule has 0 aliphatic carbocycles. The summed E-state index contributed by atoms with van der Waals surface area (Å²) in [5.74, 6) is -0.779. The minimum atomic E-state index is -0.597. The fraction of sp³-hybridized carbons (Fsp3) is 0.167. The van der Waals surface area contributed by atoms with Crippen LogP contribution in [0.4, 0.5) is 5.69 Å². The number of anilines is 1. The monoisotopic (exact) mass is 231 g/mol. The van der Waals surface area contributed by atoms with Crippen molar-refractivity contribution in [3.05, 3.63) is 42.6 Å². The molecular weight excluding hydrogens is 218 g/mol.